The monoisotopic (exact) mass is 392 g/mol. The van der Waals surface area contributed by atoms with E-state index in [4.69, 9.17) is 11.6 Å². The van der Waals surface area contributed by atoms with Crippen molar-refractivity contribution in [3.63, 3.8) is 0 Å². The lowest BCUT2D eigenvalue weighted by atomic mass is 10.1. The Morgan fingerprint density at radius 1 is 1.11 bits per heavy atom. The maximum atomic E-state index is 9.46. The molecule has 0 bridgehead atoms. The highest BCUT2D eigenvalue weighted by molar-refractivity contribution is 6.31. The molecule has 0 saturated carbocycles. The summed E-state index contributed by atoms with van der Waals surface area (Å²) in [6, 6.07) is 11.8. The van der Waals surface area contributed by atoms with E-state index >= 15 is 0 Å². The van der Waals surface area contributed by atoms with Crippen LogP contribution in [0, 0.1) is 11.3 Å². The fourth-order valence-corrected chi connectivity index (χ4v) is 3.55. The molecular formula is C21H21ClN6. The lowest BCUT2D eigenvalue weighted by molar-refractivity contribution is 0.312. The maximum Gasteiger partial charge on any atom is 0.128 e. The number of hydrogen-bond donors (Lipinski definition) is 1. The molecule has 28 heavy (non-hydrogen) atoms. The minimum absolute atomic E-state index is 0.497. The van der Waals surface area contributed by atoms with Gasteiger partial charge < -0.3 is 15.1 Å². The molecule has 7 heteroatoms. The predicted octanol–water partition coefficient (Wildman–Crippen LogP) is 3.52. The highest BCUT2D eigenvalue weighted by atomic mass is 35.5. The molecule has 2 aromatic heterocycles. The van der Waals surface area contributed by atoms with Gasteiger partial charge in [0.05, 0.1) is 16.8 Å². The molecule has 3 heterocycles. The zero-order valence-corrected chi connectivity index (χ0v) is 16.4. The van der Waals surface area contributed by atoms with Crippen LogP contribution in [-0.4, -0.2) is 48.1 Å². The lowest BCUT2D eigenvalue weighted by Crippen LogP contribution is -2.44. The first-order valence-corrected chi connectivity index (χ1v) is 9.62. The molecule has 1 aliphatic heterocycles. The standard InChI is InChI=1S/C21H21ClN6/c1-27-6-8-28(9-7-27)20-5-2-15(12-25-20)13-26-21-16(11-23)14-24-19-4-3-17(22)10-18(19)21/h2-5,10,12,14H,6-9,13H2,1H3,(H,24,26). The molecule has 0 aliphatic carbocycles. The lowest BCUT2D eigenvalue weighted by Gasteiger charge is -2.33. The second-order valence-corrected chi connectivity index (χ2v) is 7.43. The van der Waals surface area contributed by atoms with Gasteiger partial charge in [0.25, 0.3) is 0 Å². The van der Waals surface area contributed by atoms with Crippen molar-refractivity contribution in [2.24, 2.45) is 0 Å². The Labute approximate surface area is 169 Å². The van der Waals surface area contributed by atoms with Crippen molar-refractivity contribution in [3.05, 3.63) is 58.9 Å². The topological polar surface area (TPSA) is 68.1 Å². The molecule has 6 nitrogen and oxygen atoms in total. The van der Waals surface area contributed by atoms with Crippen LogP contribution < -0.4 is 10.2 Å². The summed E-state index contributed by atoms with van der Waals surface area (Å²) in [6.07, 6.45) is 3.48. The number of piperazine rings is 1. The van der Waals surface area contributed by atoms with Crippen molar-refractivity contribution in [1.29, 1.82) is 5.26 Å². The van der Waals surface area contributed by atoms with Crippen LogP contribution in [0.1, 0.15) is 11.1 Å². The van der Waals surface area contributed by atoms with E-state index in [2.05, 4.69) is 50.3 Å². The van der Waals surface area contributed by atoms with Crippen LogP contribution in [0.15, 0.2) is 42.7 Å². The molecule has 1 aliphatic rings. The van der Waals surface area contributed by atoms with Gasteiger partial charge >= 0.3 is 0 Å². The van der Waals surface area contributed by atoms with Gasteiger partial charge in [-0.05, 0) is 36.9 Å². The second-order valence-electron chi connectivity index (χ2n) is 6.99. The Morgan fingerprint density at radius 2 is 1.93 bits per heavy atom. The molecule has 1 N–H and O–H groups in total. The Hall–Kier alpha value is -2.88. The van der Waals surface area contributed by atoms with E-state index in [1.807, 2.05) is 18.3 Å². The van der Waals surface area contributed by atoms with E-state index in [9.17, 15) is 5.26 Å². The van der Waals surface area contributed by atoms with E-state index in [-0.39, 0.29) is 0 Å². The summed E-state index contributed by atoms with van der Waals surface area (Å²) < 4.78 is 0. The largest absolute Gasteiger partial charge is 0.379 e. The highest BCUT2D eigenvalue weighted by Crippen LogP contribution is 2.28. The van der Waals surface area contributed by atoms with Crippen LogP contribution >= 0.6 is 11.6 Å². The molecule has 0 spiro atoms. The van der Waals surface area contributed by atoms with Crippen molar-refractivity contribution >= 4 is 34.0 Å². The SMILES string of the molecule is CN1CCN(c2ccc(CNc3c(C#N)cnc4ccc(Cl)cc34)cn2)CC1. The first kappa shape index (κ1) is 18.5. The first-order chi connectivity index (χ1) is 13.6. The minimum Gasteiger partial charge on any atom is -0.379 e. The molecule has 3 aromatic rings. The van der Waals surface area contributed by atoms with Gasteiger partial charge in [0.2, 0.25) is 0 Å². The minimum atomic E-state index is 0.497. The Morgan fingerprint density at radius 3 is 2.64 bits per heavy atom. The Balaban J connectivity index is 1.52. The smallest absolute Gasteiger partial charge is 0.128 e. The zero-order valence-electron chi connectivity index (χ0n) is 15.7. The van der Waals surface area contributed by atoms with Gasteiger partial charge in [-0.15, -0.1) is 0 Å². The molecular weight excluding hydrogens is 372 g/mol. The van der Waals surface area contributed by atoms with Gasteiger partial charge in [-0.25, -0.2) is 4.98 Å². The molecule has 0 atom stereocenters. The summed E-state index contributed by atoms with van der Waals surface area (Å²) >= 11 is 6.15. The van der Waals surface area contributed by atoms with Gasteiger partial charge in [0.15, 0.2) is 0 Å². The number of benzene rings is 1. The summed E-state index contributed by atoms with van der Waals surface area (Å²) in [5.41, 5.74) is 3.10. The van der Waals surface area contributed by atoms with Gasteiger partial charge in [-0.3, -0.25) is 4.98 Å². The normalized spacial score (nSPS) is 14.8. The summed E-state index contributed by atoms with van der Waals surface area (Å²) in [7, 11) is 2.14. The van der Waals surface area contributed by atoms with E-state index in [1.54, 1.807) is 12.3 Å². The average Bonchev–Trinajstić information content (AvgIpc) is 2.73. The van der Waals surface area contributed by atoms with Gasteiger partial charge in [-0.1, -0.05) is 17.7 Å². The number of rotatable bonds is 4. The van der Waals surface area contributed by atoms with Crippen LogP contribution in [-0.2, 0) is 6.54 Å². The van der Waals surface area contributed by atoms with Crippen LogP contribution in [0.5, 0.6) is 0 Å². The van der Waals surface area contributed by atoms with Crippen molar-refractivity contribution in [1.82, 2.24) is 14.9 Å². The number of anilines is 2. The summed E-state index contributed by atoms with van der Waals surface area (Å²) in [5.74, 6) is 1.01. The summed E-state index contributed by atoms with van der Waals surface area (Å²) in [6.45, 7) is 4.67. The average molecular weight is 393 g/mol. The maximum absolute atomic E-state index is 9.46. The first-order valence-electron chi connectivity index (χ1n) is 9.25. The third-order valence-corrected chi connectivity index (χ3v) is 5.29. The molecule has 142 valence electrons. The zero-order chi connectivity index (χ0) is 19.5. The molecule has 0 amide bonds. The predicted molar refractivity (Wildman–Crippen MR) is 113 cm³/mol. The van der Waals surface area contributed by atoms with E-state index < -0.39 is 0 Å². The molecule has 0 unspecified atom stereocenters. The van der Waals surface area contributed by atoms with E-state index in [0.717, 1.165) is 54.2 Å². The van der Waals surface area contributed by atoms with Crippen LogP contribution in [0.3, 0.4) is 0 Å². The van der Waals surface area contributed by atoms with Crippen molar-refractivity contribution in [3.8, 4) is 6.07 Å². The van der Waals surface area contributed by atoms with Crippen molar-refractivity contribution in [2.45, 2.75) is 6.54 Å². The number of halogens is 1. The number of pyridine rings is 2. The van der Waals surface area contributed by atoms with E-state index in [0.29, 0.717) is 17.1 Å². The fourth-order valence-electron chi connectivity index (χ4n) is 3.37. The number of nitrogens with one attached hydrogen (secondary N) is 1. The Kier molecular flexibility index (Phi) is 5.29. The van der Waals surface area contributed by atoms with E-state index in [1.165, 1.54) is 0 Å². The molecule has 1 aromatic carbocycles. The van der Waals surface area contributed by atoms with Crippen LogP contribution in [0.25, 0.3) is 10.9 Å². The van der Waals surface area contributed by atoms with Gasteiger partial charge in [0.1, 0.15) is 11.9 Å². The summed E-state index contributed by atoms with van der Waals surface area (Å²) in [5, 5.41) is 14.3. The number of likely N-dealkylation sites (N-methyl/N-ethyl adjacent to an activating group) is 1. The van der Waals surface area contributed by atoms with Crippen molar-refractivity contribution < 1.29 is 0 Å². The number of nitriles is 1. The van der Waals surface area contributed by atoms with Crippen molar-refractivity contribution in [2.75, 3.05) is 43.4 Å². The molecule has 1 saturated heterocycles. The highest BCUT2D eigenvalue weighted by Gasteiger charge is 2.15. The van der Waals surface area contributed by atoms with Gasteiger partial charge in [0, 0.05) is 55.5 Å². The third-order valence-electron chi connectivity index (χ3n) is 5.06. The molecule has 0 radical (unpaired) electrons. The molecule has 1 fully saturated rings. The quantitative estimate of drug-likeness (QED) is 0.732. The molecule has 4 rings (SSSR count). The van der Waals surface area contributed by atoms with Crippen LogP contribution in [0.2, 0.25) is 5.02 Å². The third kappa shape index (κ3) is 3.86. The summed E-state index contributed by atoms with van der Waals surface area (Å²) in [4.78, 5) is 13.6. The Bertz CT molecular complexity index is 1020. The number of fused-ring (bicyclic) bond motifs is 1. The second kappa shape index (κ2) is 8.01. The number of hydrogen-bond acceptors (Lipinski definition) is 6. The fraction of sp³-hybridized carbons (Fsp3) is 0.286. The number of nitrogens with zero attached hydrogens (tertiary/aromatic N) is 5. The number of aromatic nitrogens is 2. The van der Waals surface area contributed by atoms with Crippen LogP contribution in [0.4, 0.5) is 11.5 Å². The van der Waals surface area contributed by atoms with Gasteiger partial charge in [-0.2, -0.15) is 5.26 Å².